The molecule has 0 radical (unpaired) electrons. The normalized spacial score (nSPS) is 13.3. The van der Waals surface area contributed by atoms with Crippen LogP contribution in [-0.2, 0) is 16.0 Å². The Bertz CT molecular complexity index is 487. The Morgan fingerprint density at radius 1 is 1.24 bits per heavy atom. The maximum atomic E-state index is 11.9. The number of methoxy groups -OCH3 is 1. The van der Waals surface area contributed by atoms with Crippen LogP contribution in [0.5, 0.6) is 5.75 Å². The topological polar surface area (TPSA) is 75.6 Å². The number of carboxylic acid groups (broad SMARTS) is 1. The zero-order valence-corrected chi connectivity index (χ0v) is 12.8. The molecule has 0 heterocycles. The minimum Gasteiger partial charge on any atom is -0.496 e. The molecule has 0 aliphatic rings. The van der Waals surface area contributed by atoms with Crippen molar-refractivity contribution in [3.63, 3.8) is 0 Å². The summed E-state index contributed by atoms with van der Waals surface area (Å²) in [6, 6.07) is 7.39. The fourth-order valence-corrected chi connectivity index (χ4v) is 2.28. The summed E-state index contributed by atoms with van der Waals surface area (Å²) in [5.41, 5.74) is 1.07. The third kappa shape index (κ3) is 6.29. The largest absolute Gasteiger partial charge is 0.496 e. The van der Waals surface area contributed by atoms with Gasteiger partial charge in [0, 0.05) is 12.5 Å². The van der Waals surface area contributed by atoms with Crippen molar-refractivity contribution in [1.29, 1.82) is 0 Å². The van der Waals surface area contributed by atoms with Crippen molar-refractivity contribution in [3.05, 3.63) is 29.8 Å². The van der Waals surface area contributed by atoms with Gasteiger partial charge in [0.1, 0.15) is 5.75 Å². The quantitative estimate of drug-likeness (QED) is 0.770. The first-order valence-corrected chi connectivity index (χ1v) is 7.05. The van der Waals surface area contributed by atoms with Crippen LogP contribution in [0.15, 0.2) is 24.3 Å². The fraction of sp³-hybridized carbons (Fsp3) is 0.500. The number of ether oxygens (including phenoxy) is 1. The summed E-state index contributed by atoms with van der Waals surface area (Å²) in [6.45, 7) is 3.69. The van der Waals surface area contributed by atoms with Crippen LogP contribution < -0.4 is 10.1 Å². The van der Waals surface area contributed by atoms with Crippen LogP contribution in [0, 0.1) is 5.92 Å². The van der Waals surface area contributed by atoms with E-state index in [1.165, 1.54) is 0 Å². The molecule has 1 aromatic carbocycles. The Balaban J connectivity index is 2.47. The number of hydrogen-bond acceptors (Lipinski definition) is 3. The van der Waals surface area contributed by atoms with Crippen LogP contribution in [0.25, 0.3) is 0 Å². The van der Waals surface area contributed by atoms with Crippen LogP contribution in [0.4, 0.5) is 0 Å². The molecule has 5 nitrogen and oxygen atoms in total. The number of nitrogens with one attached hydrogen (secondary N) is 1. The van der Waals surface area contributed by atoms with Gasteiger partial charge < -0.3 is 15.2 Å². The van der Waals surface area contributed by atoms with Crippen LogP contribution in [0.2, 0.25) is 0 Å². The molecule has 0 fully saturated rings. The molecule has 2 atom stereocenters. The third-order valence-corrected chi connectivity index (χ3v) is 3.18. The number of carbonyl (C=O) groups is 2. The van der Waals surface area contributed by atoms with Gasteiger partial charge in [0.15, 0.2) is 0 Å². The molecule has 21 heavy (non-hydrogen) atoms. The van der Waals surface area contributed by atoms with Crippen molar-refractivity contribution in [1.82, 2.24) is 5.32 Å². The van der Waals surface area contributed by atoms with Crippen LogP contribution in [-0.4, -0.2) is 30.1 Å². The minimum absolute atomic E-state index is 0.0629. The van der Waals surface area contributed by atoms with Gasteiger partial charge in [-0.3, -0.25) is 9.59 Å². The van der Waals surface area contributed by atoms with Crippen molar-refractivity contribution >= 4 is 11.9 Å². The molecule has 0 aliphatic heterocycles. The number of carbonyl (C=O) groups excluding carboxylic acids is 1. The second-order valence-corrected chi connectivity index (χ2v) is 5.39. The van der Waals surface area contributed by atoms with Crippen LogP contribution in [0.3, 0.4) is 0 Å². The lowest BCUT2D eigenvalue weighted by Gasteiger charge is -2.16. The number of benzene rings is 1. The molecule has 2 N–H and O–H groups in total. The van der Waals surface area contributed by atoms with E-state index in [1.807, 2.05) is 31.2 Å². The van der Waals surface area contributed by atoms with Crippen molar-refractivity contribution in [2.75, 3.05) is 7.11 Å². The van der Waals surface area contributed by atoms with E-state index in [0.29, 0.717) is 6.42 Å². The minimum atomic E-state index is -0.912. The first kappa shape index (κ1) is 17.0. The van der Waals surface area contributed by atoms with E-state index in [9.17, 15) is 9.59 Å². The first-order chi connectivity index (χ1) is 9.92. The Kier molecular flexibility index (Phi) is 6.72. The highest BCUT2D eigenvalue weighted by Crippen LogP contribution is 2.22. The smallest absolute Gasteiger partial charge is 0.305 e. The number of rotatable bonds is 8. The van der Waals surface area contributed by atoms with E-state index in [-0.39, 0.29) is 24.3 Å². The second-order valence-electron chi connectivity index (χ2n) is 5.39. The molecule has 0 aromatic heterocycles. The Hall–Kier alpha value is -2.04. The highest BCUT2D eigenvalue weighted by molar-refractivity contribution is 5.77. The van der Waals surface area contributed by atoms with Gasteiger partial charge in [-0.25, -0.2) is 0 Å². The second kappa shape index (κ2) is 8.29. The lowest BCUT2D eigenvalue weighted by Crippen LogP contribution is -2.35. The van der Waals surface area contributed by atoms with Gasteiger partial charge in [0.05, 0.1) is 13.5 Å². The van der Waals surface area contributed by atoms with Crippen molar-refractivity contribution in [2.24, 2.45) is 5.92 Å². The van der Waals surface area contributed by atoms with Crippen LogP contribution >= 0.6 is 0 Å². The van der Waals surface area contributed by atoms with E-state index in [2.05, 4.69) is 5.32 Å². The van der Waals surface area contributed by atoms with Gasteiger partial charge in [-0.05, 0) is 30.9 Å². The molecular weight excluding hydrogens is 270 g/mol. The predicted molar refractivity (Wildman–Crippen MR) is 80.3 cm³/mol. The molecule has 0 saturated carbocycles. The van der Waals surface area contributed by atoms with Crippen molar-refractivity contribution in [3.8, 4) is 5.75 Å². The summed E-state index contributed by atoms with van der Waals surface area (Å²) < 4.78 is 5.29. The molecular formula is C16H23NO4. The molecule has 0 saturated heterocycles. The maximum absolute atomic E-state index is 11.9. The Morgan fingerprint density at radius 2 is 1.90 bits per heavy atom. The highest BCUT2D eigenvalue weighted by atomic mass is 16.5. The standard InChI is InChI=1S/C16H23NO4/c1-11(8-13-6-4-5-7-14(13)21-3)9-15(18)17-12(2)10-16(19)20/h4-7,11-12H,8-10H2,1-3H3,(H,17,18)(H,19,20). The van der Waals surface area contributed by atoms with E-state index in [0.717, 1.165) is 17.7 Å². The lowest BCUT2D eigenvalue weighted by atomic mass is 9.97. The maximum Gasteiger partial charge on any atom is 0.305 e. The van der Waals surface area contributed by atoms with E-state index in [1.54, 1.807) is 14.0 Å². The molecule has 1 amide bonds. The SMILES string of the molecule is COc1ccccc1CC(C)CC(=O)NC(C)CC(=O)O. The van der Waals surface area contributed by atoms with Crippen molar-refractivity contribution in [2.45, 2.75) is 39.2 Å². The molecule has 116 valence electrons. The molecule has 1 rings (SSSR count). The molecule has 2 unspecified atom stereocenters. The number of para-hydroxylation sites is 1. The van der Waals surface area contributed by atoms with Crippen molar-refractivity contribution < 1.29 is 19.4 Å². The molecule has 1 aromatic rings. The van der Waals surface area contributed by atoms with E-state index < -0.39 is 5.97 Å². The average molecular weight is 293 g/mol. The number of hydrogen-bond donors (Lipinski definition) is 2. The van der Waals surface area contributed by atoms with Gasteiger partial charge in [-0.2, -0.15) is 0 Å². The van der Waals surface area contributed by atoms with E-state index in [4.69, 9.17) is 9.84 Å². The third-order valence-electron chi connectivity index (χ3n) is 3.18. The summed E-state index contributed by atoms with van der Waals surface area (Å²) in [7, 11) is 1.63. The molecule has 0 aliphatic carbocycles. The van der Waals surface area contributed by atoms with Crippen LogP contribution in [0.1, 0.15) is 32.3 Å². The Labute approximate surface area is 125 Å². The van der Waals surface area contributed by atoms with Gasteiger partial charge in [-0.1, -0.05) is 25.1 Å². The molecule has 0 bridgehead atoms. The van der Waals surface area contributed by atoms with Gasteiger partial charge in [0.25, 0.3) is 0 Å². The molecule has 5 heteroatoms. The van der Waals surface area contributed by atoms with Gasteiger partial charge in [-0.15, -0.1) is 0 Å². The number of carboxylic acids is 1. The zero-order chi connectivity index (χ0) is 15.8. The molecule has 0 spiro atoms. The number of aliphatic carboxylic acids is 1. The highest BCUT2D eigenvalue weighted by Gasteiger charge is 2.15. The average Bonchev–Trinajstić information content (AvgIpc) is 2.37. The zero-order valence-electron chi connectivity index (χ0n) is 12.8. The number of amides is 1. The summed E-state index contributed by atoms with van der Waals surface area (Å²) in [6.07, 6.45) is 1.04. The summed E-state index contributed by atoms with van der Waals surface area (Å²) in [4.78, 5) is 22.4. The first-order valence-electron chi connectivity index (χ1n) is 7.05. The Morgan fingerprint density at radius 3 is 2.52 bits per heavy atom. The summed E-state index contributed by atoms with van der Waals surface area (Å²) in [5.74, 6) is -0.0571. The van der Waals surface area contributed by atoms with E-state index >= 15 is 0 Å². The predicted octanol–water partition coefficient (Wildman–Crippen LogP) is 2.24. The van der Waals surface area contributed by atoms with Gasteiger partial charge >= 0.3 is 5.97 Å². The fourth-order valence-electron chi connectivity index (χ4n) is 2.28. The lowest BCUT2D eigenvalue weighted by molar-refractivity contribution is -0.137. The van der Waals surface area contributed by atoms with Gasteiger partial charge in [0.2, 0.25) is 5.91 Å². The monoisotopic (exact) mass is 293 g/mol. The summed E-state index contributed by atoms with van der Waals surface area (Å²) in [5, 5.41) is 11.4. The summed E-state index contributed by atoms with van der Waals surface area (Å²) >= 11 is 0.